The van der Waals surface area contributed by atoms with Crippen molar-refractivity contribution < 1.29 is 9.53 Å². The lowest BCUT2D eigenvalue weighted by Crippen LogP contribution is -2.34. The van der Waals surface area contributed by atoms with Crippen molar-refractivity contribution in [2.45, 2.75) is 131 Å². The second-order valence-electron chi connectivity index (χ2n) is 22.3. The quantitative estimate of drug-likeness (QED) is 0.0550. The number of rotatable bonds is 16. The van der Waals surface area contributed by atoms with Gasteiger partial charge in [-0.2, -0.15) is 0 Å². The van der Waals surface area contributed by atoms with Crippen LogP contribution in [0.1, 0.15) is 143 Å². The van der Waals surface area contributed by atoms with Gasteiger partial charge in [0, 0.05) is 22.7 Å². The van der Waals surface area contributed by atoms with Gasteiger partial charge in [-0.05, 0) is 190 Å². The van der Waals surface area contributed by atoms with E-state index in [4.69, 9.17) is 4.74 Å². The number of ether oxygens (including phenoxy) is 1. The molecule has 0 heterocycles. The molecule has 0 amide bonds. The molecule has 2 spiro atoms. The maximum Gasteiger partial charge on any atom is 0.305 e. The highest BCUT2D eigenvalue weighted by atomic mass is 16.5. The lowest BCUT2D eigenvalue weighted by atomic mass is 9.62. The van der Waals surface area contributed by atoms with Crippen molar-refractivity contribution in [3.05, 3.63) is 107 Å². The van der Waals surface area contributed by atoms with Gasteiger partial charge in [-0.25, -0.2) is 0 Å². The summed E-state index contributed by atoms with van der Waals surface area (Å²) in [4.78, 5) is 13.8. The largest absolute Gasteiger partial charge is 0.466 e. The Bertz CT molecular complexity index is 3930. The van der Waals surface area contributed by atoms with Gasteiger partial charge in [0.1, 0.15) is 0 Å². The molecule has 5 aliphatic rings. The van der Waals surface area contributed by atoms with Gasteiger partial charge >= 0.3 is 5.97 Å². The molecule has 5 aliphatic carbocycles. The Labute approximate surface area is 376 Å². The minimum atomic E-state index is -0.148. The van der Waals surface area contributed by atoms with Crippen LogP contribution in [0.3, 0.4) is 0 Å². The highest BCUT2D eigenvalue weighted by Crippen LogP contribution is 2.97. The SMILES string of the molecule is CCCCCCCCCCCCOC(=O)CCCC1(c2ccccc2)C23c4c5c6ccc7c8ccc9c%10ccc%11c%12ccc%13c%14c(c%15c4c4c(c57)c8c9c5c%10c%11c(c%14%12)c%15c45)C12C%13CCC63. The van der Waals surface area contributed by atoms with E-state index in [1.807, 2.05) is 0 Å². The van der Waals surface area contributed by atoms with Crippen LogP contribution in [-0.2, 0) is 25.8 Å². The standard InChI is InChI=1S/C63H50O2/c1-2-3-4-5-6-7-8-9-10-14-30-65-42(64)18-15-29-61(31-16-12-11-13-17-31)62-40-27-28-41-39-26-24-37-35-22-20-33-32-19-21-34-36-23-25-38(40)49-47(36)52-45(34)43(32)51-44(33)46(35)53-48(37)50(39)60(63(41,61)62)58-56(53)54(51)55(52)57(58)59(49)62/h11-13,16-17,19-26,40-41H,2-10,14-15,18,27-30H2,1H3. The topological polar surface area (TPSA) is 26.3 Å². The molecule has 2 saturated carbocycles. The molecule has 13 aromatic carbocycles. The first-order valence-corrected chi connectivity index (χ1v) is 25.9. The Hall–Kier alpha value is -5.73. The van der Waals surface area contributed by atoms with E-state index in [0.717, 1.165) is 25.7 Å². The number of hydrogen-bond donors (Lipinski definition) is 0. The molecule has 18 rings (SSSR count). The molecule has 0 aromatic heterocycles. The number of carbonyl (C=O) groups is 1. The van der Waals surface area contributed by atoms with Gasteiger partial charge in [-0.3, -0.25) is 4.79 Å². The van der Waals surface area contributed by atoms with E-state index in [-0.39, 0.29) is 22.2 Å². The summed E-state index contributed by atoms with van der Waals surface area (Å²) in [6, 6.07) is 32.3. The third-order valence-corrected chi connectivity index (χ3v) is 20.5. The minimum absolute atomic E-state index is 0.00440. The van der Waals surface area contributed by atoms with Crippen LogP contribution in [0.15, 0.2) is 78.9 Å². The fourth-order valence-corrected chi connectivity index (χ4v) is 19.1. The van der Waals surface area contributed by atoms with Crippen molar-refractivity contribution in [1.29, 1.82) is 0 Å². The number of fused-ring (bicyclic) bond motifs is 5. The first-order chi connectivity index (χ1) is 32.2. The van der Waals surface area contributed by atoms with Gasteiger partial charge in [-0.1, -0.05) is 144 Å². The van der Waals surface area contributed by atoms with Crippen LogP contribution < -0.4 is 0 Å². The van der Waals surface area contributed by atoms with Crippen LogP contribution in [0.2, 0.25) is 0 Å². The first kappa shape index (κ1) is 34.6. The van der Waals surface area contributed by atoms with E-state index >= 15 is 0 Å². The molecule has 65 heavy (non-hydrogen) atoms. The van der Waals surface area contributed by atoms with E-state index in [2.05, 4.69) is 85.8 Å². The van der Waals surface area contributed by atoms with Crippen LogP contribution in [0.4, 0.5) is 0 Å². The number of benzene rings is 9. The van der Waals surface area contributed by atoms with Crippen LogP contribution in [0, 0.1) is 0 Å². The fourth-order valence-electron chi connectivity index (χ4n) is 19.1. The molecular weight excluding hydrogens is 789 g/mol. The van der Waals surface area contributed by atoms with Crippen molar-refractivity contribution in [1.82, 2.24) is 0 Å². The van der Waals surface area contributed by atoms with E-state index in [1.165, 1.54) is 124 Å². The van der Waals surface area contributed by atoms with E-state index < -0.39 is 0 Å². The van der Waals surface area contributed by atoms with Crippen LogP contribution in [-0.4, -0.2) is 12.6 Å². The summed E-state index contributed by atoms with van der Waals surface area (Å²) in [7, 11) is 0. The molecule has 2 nitrogen and oxygen atoms in total. The zero-order valence-electron chi connectivity index (χ0n) is 37.3. The fraction of sp³-hybridized carbons (Fsp3) is 0.349. The molecule has 0 radical (unpaired) electrons. The van der Waals surface area contributed by atoms with Gasteiger partial charge in [0.25, 0.3) is 0 Å². The van der Waals surface area contributed by atoms with Gasteiger partial charge in [0.15, 0.2) is 0 Å². The molecule has 4 unspecified atom stereocenters. The summed E-state index contributed by atoms with van der Waals surface area (Å²) in [5, 5.41) is 34.1. The van der Waals surface area contributed by atoms with Crippen molar-refractivity contribution >= 4 is 124 Å². The average molecular weight is 839 g/mol. The summed E-state index contributed by atoms with van der Waals surface area (Å²) in [5.74, 6) is 0.882. The van der Waals surface area contributed by atoms with Crippen LogP contribution >= 0.6 is 0 Å². The normalized spacial score (nSPS) is 25.1. The van der Waals surface area contributed by atoms with E-state index in [9.17, 15) is 4.79 Å². The Morgan fingerprint density at radius 2 is 0.877 bits per heavy atom. The highest BCUT2D eigenvalue weighted by Gasteiger charge is 2.95. The van der Waals surface area contributed by atoms with Gasteiger partial charge < -0.3 is 4.74 Å². The Balaban J connectivity index is 0.861. The third-order valence-electron chi connectivity index (χ3n) is 20.5. The second-order valence-corrected chi connectivity index (χ2v) is 22.3. The Morgan fingerprint density at radius 3 is 1.37 bits per heavy atom. The van der Waals surface area contributed by atoms with Crippen molar-refractivity contribution in [2.24, 2.45) is 0 Å². The lowest BCUT2D eigenvalue weighted by molar-refractivity contribution is -0.143. The molecular formula is C63H50O2. The first-order valence-electron chi connectivity index (χ1n) is 25.9. The molecule has 0 N–H and O–H groups in total. The Kier molecular flexibility index (Phi) is 5.81. The molecule has 13 aromatic rings. The van der Waals surface area contributed by atoms with Gasteiger partial charge in [0.2, 0.25) is 0 Å². The zero-order valence-corrected chi connectivity index (χ0v) is 37.3. The molecule has 2 heteroatoms. The summed E-state index contributed by atoms with van der Waals surface area (Å²) in [5.41, 5.74) is 7.93. The second kappa shape index (κ2) is 10.9. The molecule has 314 valence electrons. The maximum absolute atomic E-state index is 13.8. The summed E-state index contributed by atoms with van der Waals surface area (Å²) < 4.78 is 6.08. The highest BCUT2D eigenvalue weighted by molar-refractivity contribution is 6.64. The number of esters is 1. The summed E-state index contributed by atoms with van der Waals surface area (Å²) >= 11 is 0. The van der Waals surface area contributed by atoms with Crippen LogP contribution in [0.5, 0.6) is 0 Å². The van der Waals surface area contributed by atoms with Crippen molar-refractivity contribution in [3.63, 3.8) is 0 Å². The predicted molar refractivity (Wildman–Crippen MR) is 271 cm³/mol. The Morgan fingerprint density at radius 1 is 0.462 bits per heavy atom. The molecule has 2 fully saturated rings. The van der Waals surface area contributed by atoms with Crippen LogP contribution in [0.25, 0.3) is 118 Å². The predicted octanol–water partition coefficient (Wildman–Crippen LogP) is 16.9. The smallest absolute Gasteiger partial charge is 0.305 e. The van der Waals surface area contributed by atoms with E-state index in [0.29, 0.717) is 24.9 Å². The van der Waals surface area contributed by atoms with Crippen molar-refractivity contribution in [3.8, 4) is 0 Å². The maximum atomic E-state index is 13.8. The summed E-state index contributed by atoms with van der Waals surface area (Å²) in [6.07, 6.45) is 17.6. The molecule has 0 bridgehead atoms. The minimum Gasteiger partial charge on any atom is -0.466 e. The molecule has 0 saturated heterocycles. The van der Waals surface area contributed by atoms with E-state index in [1.54, 1.807) is 86.9 Å². The number of carbonyl (C=O) groups excluding carboxylic acids is 1. The summed E-state index contributed by atoms with van der Waals surface area (Å²) in [6.45, 7) is 2.85. The monoisotopic (exact) mass is 838 g/mol. The number of unbranched alkanes of at least 4 members (excludes halogenated alkanes) is 9. The molecule has 0 aliphatic heterocycles. The van der Waals surface area contributed by atoms with Crippen molar-refractivity contribution in [2.75, 3.05) is 6.61 Å². The number of hydrogen-bond acceptors (Lipinski definition) is 2. The molecule has 4 atom stereocenters. The van der Waals surface area contributed by atoms with Gasteiger partial charge in [-0.15, -0.1) is 0 Å². The average Bonchev–Trinajstić information content (AvgIpc) is 3.99. The lowest BCUT2D eigenvalue weighted by Gasteiger charge is -2.39. The zero-order chi connectivity index (χ0) is 42.0. The van der Waals surface area contributed by atoms with Gasteiger partial charge in [0.05, 0.1) is 6.61 Å². The third kappa shape index (κ3) is 3.14.